The fraction of sp³-hybridized carbons (Fsp3) is 0.222. The van der Waals surface area contributed by atoms with Crippen LogP contribution in [0.4, 0.5) is 10.3 Å². The van der Waals surface area contributed by atoms with E-state index in [0.717, 1.165) is 0 Å². The predicted octanol–water partition coefficient (Wildman–Crippen LogP) is 4.13. The molecule has 128 valence electrons. The molecule has 3 aromatic rings. The molecule has 25 heavy (non-hydrogen) atoms. The number of nitrogens with zero attached hydrogens (tertiary/aromatic N) is 3. The number of anilines is 1. The second kappa shape index (κ2) is 7.47. The Labute approximate surface area is 149 Å². The summed E-state index contributed by atoms with van der Waals surface area (Å²) in [7, 11) is 3.99. The fourth-order valence-corrected chi connectivity index (χ4v) is 3.39. The van der Waals surface area contributed by atoms with Gasteiger partial charge in [-0.15, -0.1) is 11.3 Å². The van der Waals surface area contributed by atoms with Crippen LogP contribution in [-0.2, 0) is 0 Å². The van der Waals surface area contributed by atoms with Crippen LogP contribution in [0.5, 0.6) is 0 Å². The number of oxazole rings is 1. The third-order valence-electron chi connectivity index (χ3n) is 3.76. The SMILES string of the molecule is CN(C)[C@@H](CNc1oc(-c2cccc(F)c2)nc1C#N)c1cccs1. The van der Waals surface area contributed by atoms with E-state index in [-0.39, 0.29) is 23.4 Å². The van der Waals surface area contributed by atoms with Gasteiger partial charge in [0.05, 0.1) is 6.04 Å². The minimum Gasteiger partial charge on any atom is -0.419 e. The van der Waals surface area contributed by atoms with Crippen molar-refractivity contribution in [3.8, 4) is 17.5 Å². The Morgan fingerprint density at radius 3 is 2.84 bits per heavy atom. The third-order valence-corrected chi connectivity index (χ3v) is 4.73. The van der Waals surface area contributed by atoms with Gasteiger partial charge in [0.15, 0.2) is 0 Å². The highest BCUT2D eigenvalue weighted by Crippen LogP contribution is 2.28. The first-order valence-electron chi connectivity index (χ1n) is 7.69. The van der Waals surface area contributed by atoms with E-state index in [0.29, 0.717) is 18.0 Å². The van der Waals surface area contributed by atoms with Crippen molar-refractivity contribution in [1.82, 2.24) is 9.88 Å². The molecule has 0 aliphatic rings. The van der Waals surface area contributed by atoms with Crippen LogP contribution < -0.4 is 5.32 Å². The number of halogens is 1. The van der Waals surface area contributed by atoms with Crippen molar-refractivity contribution in [2.24, 2.45) is 0 Å². The van der Waals surface area contributed by atoms with Gasteiger partial charge in [-0.25, -0.2) is 4.39 Å². The molecule has 2 heterocycles. The zero-order chi connectivity index (χ0) is 17.8. The monoisotopic (exact) mass is 356 g/mol. The average Bonchev–Trinajstić information content (AvgIpc) is 3.24. The summed E-state index contributed by atoms with van der Waals surface area (Å²) in [6.07, 6.45) is 0. The molecule has 0 aliphatic carbocycles. The molecule has 1 aromatic carbocycles. The van der Waals surface area contributed by atoms with E-state index in [1.54, 1.807) is 23.5 Å². The Morgan fingerprint density at radius 2 is 2.20 bits per heavy atom. The normalized spacial score (nSPS) is 12.1. The van der Waals surface area contributed by atoms with E-state index in [9.17, 15) is 9.65 Å². The zero-order valence-corrected chi connectivity index (χ0v) is 14.7. The Bertz CT molecular complexity index is 883. The van der Waals surface area contributed by atoms with Gasteiger partial charge >= 0.3 is 0 Å². The molecule has 0 spiro atoms. The number of hydrogen-bond donors (Lipinski definition) is 1. The Morgan fingerprint density at radius 1 is 1.36 bits per heavy atom. The maximum Gasteiger partial charge on any atom is 0.232 e. The van der Waals surface area contributed by atoms with Crippen molar-refractivity contribution >= 4 is 17.2 Å². The van der Waals surface area contributed by atoms with E-state index in [1.165, 1.54) is 17.0 Å². The van der Waals surface area contributed by atoms with Gasteiger partial charge in [-0.1, -0.05) is 12.1 Å². The van der Waals surface area contributed by atoms with E-state index in [2.05, 4.69) is 21.3 Å². The lowest BCUT2D eigenvalue weighted by molar-refractivity contribution is 0.315. The summed E-state index contributed by atoms with van der Waals surface area (Å²) in [6.45, 7) is 0.556. The van der Waals surface area contributed by atoms with Crippen LogP contribution >= 0.6 is 11.3 Å². The number of nitrogens with one attached hydrogen (secondary N) is 1. The molecule has 2 aromatic heterocycles. The molecular weight excluding hydrogens is 339 g/mol. The van der Waals surface area contributed by atoms with Crippen molar-refractivity contribution in [3.05, 3.63) is 58.2 Å². The quantitative estimate of drug-likeness (QED) is 0.719. The van der Waals surface area contributed by atoms with E-state index in [4.69, 9.17) is 4.42 Å². The Hall–Kier alpha value is -2.69. The van der Waals surface area contributed by atoms with Gasteiger partial charge in [0.2, 0.25) is 17.5 Å². The summed E-state index contributed by atoms with van der Waals surface area (Å²) in [5.74, 6) is 0.135. The average molecular weight is 356 g/mol. The van der Waals surface area contributed by atoms with Crippen molar-refractivity contribution < 1.29 is 8.81 Å². The van der Waals surface area contributed by atoms with Crippen molar-refractivity contribution in [3.63, 3.8) is 0 Å². The topological polar surface area (TPSA) is 65.1 Å². The third kappa shape index (κ3) is 3.87. The van der Waals surface area contributed by atoms with E-state index < -0.39 is 0 Å². The maximum absolute atomic E-state index is 13.4. The van der Waals surface area contributed by atoms with Crippen LogP contribution in [0.15, 0.2) is 46.2 Å². The molecule has 0 saturated heterocycles. The van der Waals surface area contributed by atoms with Crippen molar-refractivity contribution in [2.75, 3.05) is 26.0 Å². The standard InChI is InChI=1S/C18H17FN4OS/c1-23(2)15(16-7-4-8-25-16)11-21-18-14(10-20)22-17(24-18)12-5-3-6-13(19)9-12/h3-9,15,21H,11H2,1-2H3/t15-/m0/s1. The number of nitriles is 1. The summed E-state index contributed by atoms with van der Waals surface area (Å²) in [5.41, 5.74) is 0.648. The first-order chi connectivity index (χ1) is 12.1. The molecule has 7 heteroatoms. The molecule has 1 atom stereocenters. The maximum atomic E-state index is 13.4. The lowest BCUT2D eigenvalue weighted by atomic mass is 10.2. The summed E-state index contributed by atoms with van der Waals surface area (Å²) < 4.78 is 19.1. The molecule has 0 aliphatic heterocycles. The van der Waals surface area contributed by atoms with Crippen LogP contribution in [0.3, 0.4) is 0 Å². The number of benzene rings is 1. The molecule has 0 bridgehead atoms. The Kier molecular flexibility index (Phi) is 5.12. The predicted molar refractivity (Wildman–Crippen MR) is 95.8 cm³/mol. The van der Waals surface area contributed by atoms with Crippen molar-refractivity contribution in [1.29, 1.82) is 5.26 Å². The summed E-state index contributed by atoms with van der Waals surface area (Å²) in [6, 6.07) is 12.2. The molecular formula is C18H17FN4OS. The van der Waals surface area contributed by atoms with Gasteiger partial charge in [0, 0.05) is 17.0 Å². The first-order valence-corrected chi connectivity index (χ1v) is 8.57. The smallest absolute Gasteiger partial charge is 0.232 e. The fourth-order valence-electron chi connectivity index (χ4n) is 2.47. The lowest BCUT2D eigenvalue weighted by Gasteiger charge is -2.23. The number of likely N-dealkylation sites (N-methyl/N-ethyl adjacent to an activating group) is 1. The van der Waals surface area contributed by atoms with Crippen LogP contribution in [-0.4, -0.2) is 30.5 Å². The highest BCUT2D eigenvalue weighted by molar-refractivity contribution is 7.10. The number of thiophene rings is 1. The highest BCUT2D eigenvalue weighted by atomic mass is 32.1. The van der Waals surface area contributed by atoms with E-state index >= 15 is 0 Å². The minimum absolute atomic E-state index is 0.134. The Balaban J connectivity index is 1.82. The molecule has 0 saturated carbocycles. The van der Waals surface area contributed by atoms with Gasteiger partial charge in [-0.3, -0.25) is 0 Å². The molecule has 5 nitrogen and oxygen atoms in total. The molecule has 3 rings (SSSR count). The molecule has 0 radical (unpaired) electrons. The molecule has 0 unspecified atom stereocenters. The van der Waals surface area contributed by atoms with E-state index in [1.807, 2.05) is 31.6 Å². The summed E-state index contributed by atoms with van der Waals surface area (Å²) in [5, 5.41) is 14.5. The van der Waals surface area contributed by atoms with Gasteiger partial charge in [-0.05, 0) is 43.7 Å². The van der Waals surface area contributed by atoms with Crippen LogP contribution in [0.25, 0.3) is 11.5 Å². The summed E-state index contributed by atoms with van der Waals surface area (Å²) in [4.78, 5) is 7.46. The van der Waals surface area contributed by atoms with Crippen LogP contribution in [0.1, 0.15) is 16.6 Å². The molecule has 1 N–H and O–H groups in total. The molecule has 0 fully saturated rings. The number of hydrogen-bond acceptors (Lipinski definition) is 6. The van der Waals surface area contributed by atoms with Crippen LogP contribution in [0, 0.1) is 17.1 Å². The lowest BCUT2D eigenvalue weighted by Crippen LogP contribution is -2.26. The highest BCUT2D eigenvalue weighted by Gasteiger charge is 2.19. The second-order valence-corrected chi connectivity index (χ2v) is 6.67. The largest absolute Gasteiger partial charge is 0.419 e. The first kappa shape index (κ1) is 17.1. The summed E-state index contributed by atoms with van der Waals surface area (Å²) >= 11 is 1.67. The number of aromatic nitrogens is 1. The second-order valence-electron chi connectivity index (χ2n) is 5.69. The van der Waals surface area contributed by atoms with Gasteiger partial charge < -0.3 is 14.6 Å². The zero-order valence-electron chi connectivity index (χ0n) is 13.9. The van der Waals surface area contributed by atoms with Gasteiger partial charge in [0.1, 0.15) is 11.9 Å². The minimum atomic E-state index is -0.380. The van der Waals surface area contributed by atoms with Crippen LogP contribution in [0.2, 0.25) is 0 Å². The number of rotatable bonds is 6. The molecule has 0 amide bonds. The van der Waals surface area contributed by atoms with Gasteiger partial charge in [0.25, 0.3) is 0 Å². The van der Waals surface area contributed by atoms with Gasteiger partial charge in [-0.2, -0.15) is 10.2 Å². The van der Waals surface area contributed by atoms with Crippen molar-refractivity contribution in [2.45, 2.75) is 6.04 Å².